The number of hydrogen-bond acceptors (Lipinski definition) is 3. The zero-order valence-electron chi connectivity index (χ0n) is 17.4. The quantitative estimate of drug-likeness (QED) is 0.251. The van der Waals surface area contributed by atoms with E-state index in [0.717, 1.165) is 33.2 Å². The lowest BCUT2D eigenvalue weighted by molar-refractivity contribution is 0.104. The number of carbonyl (C=O) groups is 1. The average Bonchev–Trinajstić information content (AvgIpc) is 3.26. The molecule has 0 saturated carbocycles. The van der Waals surface area contributed by atoms with Crippen LogP contribution in [0, 0.1) is 0 Å². The molecular formula is C28H21N3O. The summed E-state index contributed by atoms with van der Waals surface area (Å²) in [5.74, 6) is -0.0382. The van der Waals surface area contributed by atoms with Crippen molar-refractivity contribution in [3.63, 3.8) is 0 Å². The first-order chi connectivity index (χ1) is 15.8. The first kappa shape index (κ1) is 19.6. The molecule has 4 heteroatoms. The fourth-order valence-electron chi connectivity index (χ4n) is 3.74. The van der Waals surface area contributed by atoms with Gasteiger partial charge in [-0.25, -0.2) is 0 Å². The zero-order valence-corrected chi connectivity index (χ0v) is 17.4. The lowest BCUT2D eigenvalue weighted by Crippen LogP contribution is -2.00. The monoisotopic (exact) mass is 415 g/mol. The number of rotatable bonds is 6. The van der Waals surface area contributed by atoms with Crippen LogP contribution in [0.15, 0.2) is 110 Å². The van der Waals surface area contributed by atoms with Crippen LogP contribution in [0.3, 0.4) is 0 Å². The lowest BCUT2D eigenvalue weighted by Gasteiger charge is -2.01. The van der Waals surface area contributed by atoms with Crippen molar-refractivity contribution in [1.29, 1.82) is 0 Å². The normalized spacial score (nSPS) is 11.2. The Morgan fingerprint density at radius 1 is 0.875 bits per heavy atom. The Bertz CT molecular complexity index is 1400. The van der Waals surface area contributed by atoms with Crippen molar-refractivity contribution in [2.75, 3.05) is 0 Å². The molecular weight excluding hydrogens is 394 g/mol. The van der Waals surface area contributed by atoms with Crippen LogP contribution in [-0.2, 0) is 6.54 Å². The highest BCUT2D eigenvalue weighted by atomic mass is 16.1. The van der Waals surface area contributed by atoms with E-state index in [1.165, 1.54) is 0 Å². The summed E-state index contributed by atoms with van der Waals surface area (Å²) in [6.45, 7) is 0.653. The Morgan fingerprint density at radius 3 is 2.50 bits per heavy atom. The molecule has 0 aliphatic carbocycles. The molecule has 154 valence electrons. The molecule has 0 fully saturated rings. The molecule has 0 unspecified atom stereocenters. The van der Waals surface area contributed by atoms with Gasteiger partial charge in [-0.3, -0.25) is 14.5 Å². The zero-order chi connectivity index (χ0) is 21.8. The molecule has 0 spiro atoms. The summed E-state index contributed by atoms with van der Waals surface area (Å²) < 4.78 is 1.90. The maximum Gasteiger partial charge on any atom is 0.185 e. The molecule has 5 rings (SSSR count). The first-order valence-electron chi connectivity index (χ1n) is 10.5. The van der Waals surface area contributed by atoms with Crippen LogP contribution < -0.4 is 0 Å². The fraction of sp³-hybridized carbons (Fsp3) is 0.0357. The average molecular weight is 415 g/mol. The molecule has 0 atom stereocenters. The molecule has 4 nitrogen and oxygen atoms in total. The van der Waals surface area contributed by atoms with E-state index < -0.39 is 0 Å². The molecule has 2 aromatic heterocycles. The second-order valence-corrected chi connectivity index (χ2v) is 7.62. The van der Waals surface area contributed by atoms with E-state index in [-0.39, 0.29) is 5.78 Å². The third kappa shape index (κ3) is 4.25. The Kier molecular flexibility index (Phi) is 5.41. The summed E-state index contributed by atoms with van der Waals surface area (Å²) in [4.78, 5) is 17.1. The lowest BCUT2D eigenvalue weighted by atomic mass is 10.0. The minimum absolute atomic E-state index is 0.0382. The summed E-state index contributed by atoms with van der Waals surface area (Å²) in [5, 5.41) is 6.96. The van der Waals surface area contributed by atoms with Crippen molar-refractivity contribution in [1.82, 2.24) is 14.8 Å². The third-order valence-electron chi connectivity index (χ3n) is 5.36. The number of fused-ring (bicyclic) bond motifs is 1. The fourth-order valence-corrected chi connectivity index (χ4v) is 3.74. The molecule has 0 N–H and O–H groups in total. The SMILES string of the molecule is O=C(/C=C/c1cn(Cc2ccccc2)nc1-c1cccnc1)c1ccc2ccccc2c1. The van der Waals surface area contributed by atoms with Gasteiger partial charge in [0.2, 0.25) is 0 Å². The number of carbonyl (C=O) groups excluding carboxylic acids is 1. The van der Waals surface area contributed by atoms with Crippen molar-refractivity contribution in [3.05, 3.63) is 126 Å². The first-order valence-corrected chi connectivity index (χ1v) is 10.5. The topological polar surface area (TPSA) is 47.8 Å². The maximum absolute atomic E-state index is 12.9. The van der Waals surface area contributed by atoms with E-state index in [1.54, 1.807) is 18.5 Å². The van der Waals surface area contributed by atoms with Gasteiger partial charge in [-0.15, -0.1) is 0 Å². The number of allylic oxidation sites excluding steroid dienone is 1. The summed E-state index contributed by atoms with van der Waals surface area (Å²) >= 11 is 0. The molecule has 0 aliphatic heterocycles. The summed E-state index contributed by atoms with van der Waals surface area (Å²) in [6, 6.07) is 27.9. The Labute approximate surface area is 186 Å². The van der Waals surface area contributed by atoms with E-state index in [4.69, 9.17) is 5.10 Å². The molecule has 32 heavy (non-hydrogen) atoms. The standard InChI is InChI=1S/C28H21N3O/c32-27(24-13-12-22-9-4-5-10-23(22)17-24)15-14-26-20-31(19-21-7-2-1-3-8-21)30-28(26)25-11-6-16-29-18-25/h1-18,20H,19H2/b15-14+. The highest BCUT2D eigenvalue weighted by Gasteiger charge is 2.11. The van der Waals surface area contributed by atoms with Gasteiger partial charge < -0.3 is 0 Å². The van der Waals surface area contributed by atoms with Crippen LogP contribution in [-0.4, -0.2) is 20.5 Å². The van der Waals surface area contributed by atoms with Gasteiger partial charge in [-0.2, -0.15) is 5.10 Å². The van der Waals surface area contributed by atoms with Gasteiger partial charge in [-0.05, 0) is 46.7 Å². The largest absolute Gasteiger partial charge is 0.289 e. The van der Waals surface area contributed by atoms with E-state index in [1.807, 2.05) is 89.8 Å². The molecule has 2 heterocycles. The molecule has 0 amide bonds. The van der Waals surface area contributed by atoms with Gasteiger partial charge in [0.1, 0.15) is 5.69 Å². The van der Waals surface area contributed by atoms with Crippen LogP contribution >= 0.6 is 0 Å². The highest BCUT2D eigenvalue weighted by molar-refractivity contribution is 6.09. The number of pyridine rings is 1. The van der Waals surface area contributed by atoms with Gasteiger partial charge in [0.15, 0.2) is 5.78 Å². The molecule has 0 aliphatic rings. The molecule has 5 aromatic rings. The summed E-state index contributed by atoms with van der Waals surface area (Å²) in [6.07, 6.45) is 8.96. The summed E-state index contributed by atoms with van der Waals surface area (Å²) in [5.41, 5.74) is 4.42. The summed E-state index contributed by atoms with van der Waals surface area (Å²) in [7, 11) is 0. The van der Waals surface area contributed by atoms with Gasteiger partial charge >= 0.3 is 0 Å². The number of nitrogens with zero attached hydrogens (tertiary/aromatic N) is 3. The van der Waals surface area contributed by atoms with Crippen molar-refractivity contribution >= 4 is 22.6 Å². The highest BCUT2D eigenvalue weighted by Crippen LogP contribution is 2.23. The Morgan fingerprint density at radius 2 is 1.69 bits per heavy atom. The van der Waals surface area contributed by atoms with Crippen LogP contribution in [0.2, 0.25) is 0 Å². The second-order valence-electron chi connectivity index (χ2n) is 7.62. The minimum atomic E-state index is -0.0382. The Hall–Kier alpha value is -4.31. The predicted molar refractivity (Wildman–Crippen MR) is 128 cm³/mol. The Balaban J connectivity index is 1.46. The van der Waals surface area contributed by atoms with Crippen LogP contribution in [0.5, 0.6) is 0 Å². The maximum atomic E-state index is 12.9. The number of aromatic nitrogens is 3. The van der Waals surface area contributed by atoms with Gasteiger partial charge in [0, 0.05) is 35.3 Å². The molecule has 3 aromatic carbocycles. The number of hydrogen-bond donors (Lipinski definition) is 0. The minimum Gasteiger partial charge on any atom is -0.289 e. The van der Waals surface area contributed by atoms with Crippen LogP contribution in [0.25, 0.3) is 28.1 Å². The number of ketones is 1. The van der Waals surface area contributed by atoms with E-state index >= 15 is 0 Å². The number of benzene rings is 3. The van der Waals surface area contributed by atoms with Crippen molar-refractivity contribution in [2.45, 2.75) is 6.54 Å². The van der Waals surface area contributed by atoms with Crippen molar-refractivity contribution in [3.8, 4) is 11.3 Å². The van der Waals surface area contributed by atoms with Crippen molar-refractivity contribution in [2.24, 2.45) is 0 Å². The predicted octanol–water partition coefficient (Wildman–Crippen LogP) is 6.04. The van der Waals surface area contributed by atoms with E-state index in [9.17, 15) is 4.79 Å². The van der Waals surface area contributed by atoms with Crippen molar-refractivity contribution < 1.29 is 4.79 Å². The van der Waals surface area contributed by atoms with Crippen LogP contribution in [0.4, 0.5) is 0 Å². The van der Waals surface area contributed by atoms with Gasteiger partial charge in [0.05, 0.1) is 6.54 Å². The molecule has 0 saturated heterocycles. The third-order valence-corrected chi connectivity index (χ3v) is 5.36. The smallest absolute Gasteiger partial charge is 0.185 e. The van der Waals surface area contributed by atoms with E-state index in [2.05, 4.69) is 17.1 Å². The molecule has 0 bridgehead atoms. The van der Waals surface area contributed by atoms with Crippen LogP contribution in [0.1, 0.15) is 21.5 Å². The second kappa shape index (κ2) is 8.82. The molecule has 0 radical (unpaired) electrons. The van der Waals surface area contributed by atoms with Gasteiger partial charge in [0.25, 0.3) is 0 Å². The van der Waals surface area contributed by atoms with E-state index in [0.29, 0.717) is 12.1 Å². The van der Waals surface area contributed by atoms with Gasteiger partial charge in [-0.1, -0.05) is 66.7 Å².